The van der Waals surface area contributed by atoms with Crippen LogP contribution in [-0.2, 0) is 0 Å². The topological polar surface area (TPSA) is 66.6 Å². The number of halogens is 1. The highest BCUT2D eigenvalue weighted by atomic mass is 35.5. The van der Waals surface area contributed by atoms with Crippen LogP contribution in [0.5, 0.6) is 0 Å². The largest absolute Gasteiger partial charge is 0.465 e. The standard InChI is InChI=1S/C9H18N2O2.ClH/c1-8(2,3)11(7(12)13)9(6-10)4-5-9;/h4-6,10H2,1-3H3,(H,12,13);1H. The molecule has 14 heavy (non-hydrogen) atoms. The first kappa shape index (κ1) is 13.5. The van der Waals surface area contributed by atoms with E-state index in [2.05, 4.69) is 0 Å². The molecule has 1 saturated carbocycles. The van der Waals surface area contributed by atoms with Crippen molar-refractivity contribution in [1.29, 1.82) is 0 Å². The molecule has 1 amide bonds. The van der Waals surface area contributed by atoms with Gasteiger partial charge < -0.3 is 10.8 Å². The molecule has 3 N–H and O–H groups in total. The second-order valence-corrected chi connectivity index (χ2v) is 4.72. The van der Waals surface area contributed by atoms with Crippen molar-refractivity contribution in [2.75, 3.05) is 6.54 Å². The van der Waals surface area contributed by atoms with E-state index in [4.69, 9.17) is 10.8 Å². The number of carboxylic acid groups (broad SMARTS) is 1. The SMILES string of the molecule is CC(C)(C)N(C(=O)O)C1(CN)CC1.Cl. The number of rotatable bonds is 2. The molecule has 0 aromatic rings. The maximum absolute atomic E-state index is 11.1. The quantitative estimate of drug-likeness (QED) is 0.747. The number of nitrogens with zero attached hydrogens (tertiary/aromatic N) is 1. The zero-order chi connectivity index (χ0) is 10.3. The molecule has 0 atom stereocenters. The number of nitrogens with two attached hydrogens (primary N) is 1. The highest BCUT2D eigenvalue weighted by Crippen LogP contribution is 2.44. The Morgan fingerprint density at radius 1 is 1.50 bits per heavy atom. The molecule has 84 valence electrons. The van der Waals surface area contributed by atoms with Gasteiger partial charge in [-0.05, 0) is 33.6 Å². The number of hydrogen-bond donors (Lipinski definition) is 2. The predicted molar refractivity (Wildman–Crippen MR) is 57.9 cm³/mol. The fraction of sp³-hybridized carbons (Fsp3) is 0.889. The Balaban J connectivity index is 0.00000169. The molecule has 1 aliphatic carbocycles. The monoisotopic (exact) mass is 222 g/mol. The summed E-state index contributed by atoms with van der Waals surface area (Å²) in [4.78, 5) is 12.6. The van der Waals surface area contributed by atoms with Crippen LogP contribution in [0.2, 0.25) is 0 Å². The zero-order valence-electron chi connectivity index (χ0n) is 8.91. The molecule has 0 bridgehead atoms. The predicted octanol–water partition coefficient (Wildman–Crippen LogP) is 1.68. The molecule has 1 rings (SSSR count). The Morgan fingerprint density at radius 3 is 2.00 bits per heavy atom. The lowest BCUT2D eigenvalue weighted by molar-refractivity contribution is 0.0635. The van der Waals surface area contributed by atoms with Crippen LogP contribution >= 0.6 is 12.4 Å². The molecule has 0 radical (unpaired) electrons. The molecule has 0 aliphatic heterocycles. The van der Waals surface area contributed by atoms with Crippen LogP contribution in [0, 0.1) is 0 Å². The number of amides is 1. The fourth-order valence-corrected chi connectivity index (χ4v) is 1.86. The average Bonchev–Trinajstić information content (AvgIpc) is 2.65. The molecule has 1 aliphatic rings. The molecule has 0 aromatic heterocycles. The van der Waals surface area contributed by atoms with Crippen LogP contribution in [0.15, 0.2) is 0 Å². The summed E-state index contributed by atoms with van der Waals surface area (Å²) in [5.74, 6) is 0. The van der Waals surface area contributed by atoms with Crippen LogP contribution in [0.3, 0.4) is 0 Å². The van der Waals surface area contributed by atoms with Crippen molar-refractivity contribution in [2.45, 2.75) is 44.7 Å². The molecule has 0 heterocycles. The average molecular weight is 223 g/mol. The van der Waals surface area contributed by atoms with Gasteiger partial charge in [0.25, 0.3) is 0 Å². The summed E-state index contributed by atoms with van der Waals surface area (Å²) >= 11 is 0. The first-order valence-corrected chi connectivity index (χ1v) is 4.57. The van der Waals surface area contributed by atoms with Gasteiger partial charge in [-0.3, -0.25) is 4.90 Å². The summed E-state index contributed by atoms with van der Waals surface area (Å²) in [7, 11) is 0. The van der Waals surface area contributed by atoms with Crippen molar-refractivity contribution in [2.24, 2.45) is 5.73 Å². The van der Waals surface area contributed by atoms with Crippen molar-refractivity contribution >= 4 is 18.5 Å². The van der Waals surface area contributed by atoms with Gasteiger partial charge in [-0.25, -0.2) is 4.79 Å². The van der Waals surface area contributed by atoms with Crippen LogP contribution in [0.4, 0.5) is 4.79 Å². The molecule has 5 heteroatoms. The van der Waals surface area contributed by atoms with Crippen molar-refractivity contribution in [1.82, 2.24) is 4.90 Å². The van der Waals surface area contributed by atoms with E-state index in [0.29, 0.717) is 6.54 Å². The maximum Gasteiger partial charge on any atom is 0.408 e. The van der Waals surface area contributed by atoms with Gasteiger partial charge in [0.1, 0.15) is 0 Å². The summed E-state index contributed by atoms with van der Waals surface area (Å²) in [6.07, 6.45) is 0.926. The molecule has 1 fully saturated rings. The minimum atomic E-state index is -0.865. The Kier molecular flexibility index (Phi) is 3.81. The van der Waals surface area contributed by atoms with E-state index < -0.39 is 6.09 Å². The van der Waals surface area contributed by atoms with Crippen molar-refractivity contribution in [3.05, 3.63) is 0 Å². The van der Waals surface area contributed by atoms with E-state index in [-0.39, 0.29) is 23.5 Å². The number of carbonyl (C=O) groups is 1. The normalized spacial score (nSPS) is 18.3. The summed E-state index contributed by atoms with van der Waals surface area (Å²) < 4.78 is 0. The fourth-order valence-electron chi connectivity index (χ4n) is 1.86. The van der Waals surface area contributed by atoms with E-state index in [1.807, 2.05) is 20.8 Å². The summed E-state index contributed by atoms with van der Waals surface area (Å²) in [5, 5.41) is 9.09. The van der Waals surface area contributed by atoms with Gasteiger partial charge in [0.2, 0.25) is 0 Å². The summed E-state index contributed by atoms with van der Waals surface area (Å²) in [6.45, 7) is 6.13. The van der Waals surface area contributed by atoms with E-state index in [9.17, 15) is 4.79 Å². The van der Waals surface area contributed by atoms with Gasteiger partial charge >= 0.3 is 6.09 Å². The zero-order valence-corrected chi connectivity index (χ0v) is 9.73. The molecular weight excluding hydrogens is 204 g/mol. The highest BCUT2D eigenvalue weighted by Gasteiger charge is 2.53. The van der Waals surface area contributed by atoms with E-state index in [0.717, 1.165) is 12.8 Å². The second-order valence-electron chi connectivity index (χ2n) is 4.72. The lowest BCUT2D eigenvalue weighted by Gasteiger charge is -2.39. The Morgan fingerprint density at radius 2 is 1.93 bits per heavy atom. The smallest absolute Gasteiger partial charge is 0.408 e. The third-order valence-electron chi connectivity index (χ3n) is 2.54. The third-order valence-corrected chi connectivity index (χ3v) is 2.54. The minimum Gasteiger partial charge on any atom is -0.465 e. The molecular formula is C9H19ClN2O2. The Labute approximate surface area is 90.9 Å². The molecule has 0 saturated heterocycles. The van der Waals surface area contributed by atoms with Crippen molar-refractivity contribution in [3.63, 3.8) is 0 Å². The van der Waals surface area contributed by atoms with Gasteiger partial charge in [0.15, 0.2) is 0 Å². The van der Waals surface area contributed by atoms with Crippen LogP contribution in [0.25, 0.3) is 0 Å². The highest BCUT2D eigenvalue weighted by molar-refractivity contribution is 5.85. The molecule has 0 unspecified atom stereocenters. The Hall–Kier alpha value is -0.480. The van der Waals surface area contributed by atoms with Crippen LogP contribution < -0.4 is 5.73 Å². The first-order chi connectivity index (χ1) is 5.83. The minimum absolute atomic E-state index is 0. The van der Waals surface area contributed by atoms with Crippen molar-refractivity contribution < 1.29 is 9.90 Å². The van der Waals surface area contributed by atoms with Gasteiger partial charge in [0, 0.05) is 12.1 Å². The summed E-state index contributed by atoms with van der Waals surface area (Å²) in [6, 6.07) is 0. The summed E-state index contributed by atoms with van der Waals surface area (Å²) in [5.41, 5.74) is 4.97. The lowest BCUT2D eigenvalue weighted by atomic mass is 10.0. The number of hydrogen-bond acceptors (Lipinski definition) is 2. The van der Waals surface area contributed by atoms with E-state index in [1.165, 1.54) is 4.90 Å². The first-order valence-electron chi connectivity index (χ1n) is 4.57. The van der Waals surface area contributed by atoms with E-state index in [1.54, 1.807) is 0 Å². The third kappa shape index (κ3) is 2.30. The maximum atomic E-state index is 11.1. The van der Waals surface area contributed by atoms with Gasteiger partial charge in [0.05, 0.1) is 5.54 Å². The van der Waals surface area contributed by atoms with Crippen LogP contribution in [0.1, 0.15) is 33.6 Å². The lowest BCUT2D eigenvalue weighted by Crippen LogP contribution is -2.55. The van der Waals surface area contributed by atoms with Gasteiger partial charge in [-0.15, -0.1) is 12.4 Å². The van der Waals surface area contributed by atoms with Gasteiger partial charge in [-0.2, -0.15) is 0 Å². The second kappa shape index (κ2) is 3.95. The van der Waals surface area contributed by atoms with Crippen molar-refractivity contribution in [3.8, 4) is 0 Å². The van der Waals surface area contributed by atoms with E-state index >= 15 is 0 Å². The van der Waals surface area contributed by atoms with Crippen LogP contribution in [-0.4, -0.2) is 33.7 Å². The molecule has 0 aromatic carbocycles. The Bertz CT molecular complexity index is 221. The molecule has 0 spiro atoms. The van der Waals surface area contributed by atoms with Gasteiger partial charge in [-0.1, -0.05) is 0 Å². The molecule has 4 nitrogen and oxygen atoms in total.